The number of hydrogen-bond acceptors (Lipinski definition) is 3. The topological polar surface area (TPSA) is 49.4 Å². The summed E-state index contributed by atoms with van der Waals surface area (Å²) in [5, 5.41) is 3.32. The van der Waals surface area contributed by atoms with Gasteiger partial charge in [0.2, 0.25) is 10.0 Å². The summed E-state index contributed by atoms with van der Waals surface area (Å²) in [5.74, 6) is 1.94. The Kier molecular flexibility index (Phi) is 4.67. The Morgan fingerprint density at radius 1 is 1.11 bits per heavy atom. The quantitative estimate of drug-likeness (QED) is 0.840. The smallest absolute Gasteiger partial charge is 0.214 e. The minimum atomic E-state index is -3.01. The van der Waals surface area contributed by atoms with Crippen molar-refractivity contribution in [2.45, 2.75) is 33.1 Å². The Morgan fingerprint density at radius 2 is 1.67 bits per heavy atom. The van der Waals surface area contributed by atoms with Gasteiger partial charge < -0.3 is 5.32 Å². The molecule has 0 spiro atoms. The van der Waals surface area contributed by atoms with Crippen LogP contribution < -0.4 is 5.32 Å². The molecule has 18 heavy (non-hydrogen) atoms. The van der Waals surface area contributed by atoms with Crippen molar-refractivity contribution < 1.29 is 8.42 Å². The molecule has 0 bridgehead atoms. The van der Waals surface area contributed by atoms with Gasteiger partial charge in [0.25, 0.3) is 0 Å². The fourth-order valence-corrected chi connectivity index (χ4v) is 4.73. The van der Waals surface area contributed by atoms with E-state index in [-0.39, 0.29) is 0 Å². The largest absolute Gasteiger partial charge is 0.317 e. The van der Waals surface area contributed by atoms with Gasteiger partial charge in [-0.1, -0.05) is 13.8 Å². The van der Waals surface area contributed by atoms with Gasteiger partial charge in [-0.05, 0) is 50.1 Å². The van der Waals surface area contributed by atoms with Gasteiger partial charge in [0, 0.05) is 13.1 Å². The highest BCUT2D eigenvalue weighted by Gasteiger charge is 2.34. The highest BCUT2D eigenvalue weighted by Crippen LogP contribution is 2.26. The Hall–Kier alpha value is -0.130. The molecule has 4 nitrogen and oxygen atoms in total. The number of piperidine rings is 1. The lowest BCUT2D eigenvalue weighted by Gasteiger charge is -2.23. The molecule has 106 valence electrons. The molecule has 1 N–H and O–H groups in total. The predicted octanol–water partition coefficient (Wildman–Crippen LogP) is 1.29. The second-order valence-corrected chi connectivity index (χ2v) is 8.16. The summed E-state index contributed by atoms with van der Waals surface area (Å²) in [6.45, 7) is 7.82. The summed E-state index contributed by atoms with van der Waals surface area (Å²) in [7, 11) is -3.01. The molecule has 0 radical (unpaired) electrons. The van der Waals surface area contributed by atoms with Crippen molar-refractivity contribution in [3.8, 4) is 0 Å². The van der Waals surface area contributed by atoms with Gasteiger partial charge in [0.15, 0.2) is 0 Å². The van der Waals surface area contributed by atoms with Crippen LogP contribution in [-0.4, -0.2) is 44.7 Å². The third-order valence-electron chi connectivity index (χ3n) is 4.59. The molecule has 2 rings (SSSR count). The predicted molar refractivity (Wildman–Crippen MR) is 73.9 cm³/mol. The first kappa shape index (κ1) is 14.3. The van der Waals surface area contributed by atoms with Crippen LogP contribution in [0, 0.1) is 17.8 Å². The maximum absolute atomic E-state index is 12.3. The van der Waals surface area contributed by atoms with Crippen LogP contribution in [0.3, 0.4) is 0 Å². The Morgan fingerprint density at radius 3 is 2.22 bits per heavy atom. The first-order valence-electron chi connectivity index (χ1n) is 7.17. The first-order chi connectivity index (χ1) is 8.49. The molecular weight excluding hydrogens is 248 g/mol. The number of nitrogens with zero attached hydrogens (tertiary/aromatic N) is 1. The van der Waals surface area contributed by atoms with Gasteiger partial charge in [0.05, 0.1) is 5.75 Å². The molecule has 2 aliphatic rings. The second-order valence-electron chi connectivity index (χ2n) is 6.07. The number of rotatable bonds is 4. The van der Waals surface area contributed by atoms with Crippen LogP contribution in [0.25, 0.3) is 0 Å². The zero-order valence-electron chi connectivity index (χ0n) is 11.6. The summed E-state index contributed by atoms with van der Waals surface area (Å²) in [6.07, 6.45) is 3.09. The van der Waals surface area contributed by atoms with Crippen molar-refractivity contribution in [1.82, 2.24) is 9.62 Å². The van der Waals surface area contributed by atoms with Crippen molar-refractivity contribution in [2.24, 2.45) is 17.8 Å². The van der Waals surface area contributed by atoms with Gasteiger partial charge >= 0.3 is 0 Å². The summed E-state index contributed by atoms with van der Waals surface area (Å²) < 4.78 is 26.3. The van der Waals surface area contributed by atoms with E-state index in [0.717, 1.165) is 45.4 Å². The Bertz CT molecular complexity index is 353. The number of nitrogens with one attached hydrogen (secondary N) is 1. The van der Waals surface area contributed by atoms with E-state index in [0.29, 0.717) is 23.5 Å². The molecular formula is C13H26N2O2S. The van der Waals surface area contributed by atoms with Crippen molar-refractivity contribution in [1.29, 1.82) is 0 Å². The van der Waals surface area contributed by atoms with Gasteiger partial charge in [-0.15, -0.1) is 0 Å². The van der Waals surface area contributed by atoms with Crippen LogP contribution in [0.2, 0.25) is 0 Å². The first-order valence-corrected chi connectivity index (χ1v) is 8.78. The van der Waals surface area contributed by atoms with E-state index in [1.54, 1.807) is 4.31 Å². The monoisotopic (exact) mass is 274 g/mol. The van der Waals surface area contributed by atoms with E-state index >= 15 is 0 Å². The molecule has 0 aromatic rings. The third-order valence-corrected chi connectivity index (χ3v) is 6.43. The summed E-state index contributed by atoms with van der Waals surface area (Å²) in [6, 6.07) is 0. The number of sulfonamides is 1. The van der Waals surface area contributed by atoms with Gasteiger partial charge in [0.1, 0.15) is 0 Å². The van der Waals surface area contributed by atoms with E-state index in [1.807, 2.05) is 0 Å². The van der Waals surface area contributed by atoms with Crippen molar-refractivity contribution >= 4 is 10.0 Å². The molecule has 0 aliphatic carbocycles. The minimum absolute atomic E-state index is 0.344. The molecule has 2 unspecified atom stereocenters. The van der Waals surface area contributed by atoms with Crippen molar-refractivity contribution in [2.75, 3.05) is 31.9 Å². The molecule has 2 saturated heterocycles. The molecule has 0 amide bonds. The minimum Gasteiger partial charge on any atom is -0.317 e. The lowest BCUT2D eigenvalue weighted by molar-refractivity contribution is 0.362. The van der Waals surface area contributed by atoms with Crippen LogP contribution in [0.15, 0.2) is 0 Å². The van der Waals surface area contributed by atoms with Crippen LogP contribution in [-0.2, 0) is 10.0 Å². The van der Waals surface area contributed by atoms with E-state index in [1.165, 1.54) is 0 Å². The standard InChI is InChI=1S/C13H26N2O2S/c1-11-9-15(10-12(11)2)18(16,17)8-5-13-3-6-14-7-4-13/h11-14H,3-10H2,1-2H3. The van der Waals surface area contributed by atoms with E-state index < -0.39 is 10.0 Å². The van der Waals surface area contributed by atoms with Crippen LogP contribution in [0.5, 0.6) is 0 Å². The molecule has 5 heteroatoms. The highest BCUT2D eigenvalue weighted by molar-refractivity contribution is 7.89. The maximum Gasteiger partial charge on any atom is 0.214 e. The molecule has 2 atom stereocenters. The normalized spacial score (nSPS) is 31.9. The molecule has 0 aromatic carbocycles. The maximum atomic E-state index is 12.3. The SMILES string of the molecule is CC1CN(S(=O)(=O)CCC2CCNCC2)CC1C. The lowest BCUT2D eigenvalue weighted by Crippen LogP contribution is -2.33. The molecule has 0 aromatic heterocycles. The average Bonchev–Trinajstić information content (AvgIpc) is 2.70. The Labute approximate surface area is 111 Å². The summed E-state index contributed by atoms with van der Waals surface area (Å²) >= 11 is 0. The second kappa shape index (κ2) is 5.88. The van der Waals surface area contributed by atoms with Gasteiger partial charge in [-0.2, -0.15) is 0 Å². The van der Waals surface area contributed by atoms with Crippen LogP contribution in [0.1, 0.15) is 33.1 Å². The number of hydrogen-bond donors (Lipinski definition) is 1. The highest BCUT2D eigenvalue weighted by atomic mass is 32.2. The molecule has 0 saturated carbocycles. The summed E-state index contributed by atoms with van der Waals surface area (Å²) in [4.78, 5) is 0. The fourth-order valence-electron chi connectivity index (χ4n) is 2.92. The van der Waals surface area contributed by atoms with Crippen molar-refractivity contribution in [3.63, 3.8) is 0 Å². The fraction of sp³-hybridized carbons (Fsp3) is 1.00. The lowest BCUT2D eigenvalue weighted by atomic mass is 9.96. The van der Waals surface area contributed by atoms with Crippen LogP contribution >= 0.6 is 0 Å². The van der Waals surface area contributed by atoms with Gasteiger partial charge in [-0.25, -0.2) is 12.7 Å². The summed E-state index contributed by atoms with van der Waals surface area (Å²) in [5.41, 5.74) is 0. The van der Waals surface area contributed by atoms with Crippen molar-refractivity contribution in [3.05, 3.63) is 0 Å². The van der Waals surface area contributed by atoms with E-state index in [4.69, 9.17) is 0 Å². The van der Waals surface area contributed by atoms with E-state index in [9.17, 15) is 8.42 Å². The van der Waals surface area contributed by atoms with Crippen LogP contribution in [0.4, 0.5) is 0 Å². The van der Waals surface area contributed by atoms with E-state index in [2.05, 4.69) is 19.2 Å². The molecule has 2 fully saturated rings. The molecule has 2 aliphatic heterocycles. The third kappa shape index (κ3) is 3.45. The zero-order chi connectivity index (χ0) is 13.2. The van der Waals surface area contributed by atoms with Gasteiger partial charge in [-0.3, -0.25) is 0 Å². The Balaban J connectivity index is 1.83. The molecule has 2 heterocycles. The zero-order valence-corrected chi connectivity index (χ0v) is 12.4. The average molecular weight is 274 g/mol.